The van der Waals surface area contributed by atoms with Crippen LogP contribution in [0.25, 0.3) is 0 Å². The first kappa shape index (κ1) is 36.7. The molecule has 48 heavy (non-hydrogen) atoms. The van der Waals surface area contributed by atoms with Crippen LogP contribution in [0.1, 0.15) is 104 Å². The Kier molecular flexibility index (Phi) is 10.8. The van der Waals surface area contributed by atoms with Crippen molar-refractivity contribution in [1.29, 1.82) is 0 Å². The molecule has 4 rings (SSSR count). The van der Waals surface area contributed by atoms with Gasteiger partial charge in [-0.25, -0.2) is 0 Å². The maximum atomic E-state index is 13.9. The van der Waals surface area contributed by atoms with Crippen LogP contribution in [0.5, 0.6) is 5.75 Å². The van der Waals surface area contributed by atoms with Crippen molar-refractivity contribution < 1.29 is 19.2 Å². The molecule has 0 fully saturated rings. The van der Waals surface area contributed by atoms with Crippen LogP contribution in [-0.4, -0.2) is 31.5 Å². The Hall–Kier alpha value is -4.13. The van der Waals surface area contributed by atoms with Crippen LogP contribution in [0, 0.1) is 22.0 Å². The summed E-state index contributed by atoms with van der Waals surface area (Å²) in [4.78, 5) is 27.4. The van der Waals surface area contributed by atoms with Gasteiger partial charge in [0.15, 0.2) is 0 Å². The molecule has 2 aliphatic rings. The first-order valence-corrected chi connectivity index (χ1v) is 17.2. The topological polar surface area (TPSA) is 81.9 Å². The van der Waals surface area contributed by atoms with Gasteiger partial charge in [-0.2, -0.15) is 0 Å². The lowest BCUT2D eigenvalue weighted by molar-refractivity contribution is -0.384. The molecule has 0 spiro atoms. The van der Waals surface area contributed by atoms with Crippen molar-refractivity contribution >= 4 is 17.2 Å². The van der Waals surface area contributed by atoms with Gasteiger partial charge in [-0.15, -0.1) is 0 Å². The molecule has 0 amide bonds. The highest BCUT2D eigenvalue weighted by atomic mass is 16.6. The van der Waals surface area contributed by atoms with Crippen molar-refractivity contribution in [3.05, 3.63) is 110 Å². The van der Waals surface area contributed by atoms with Gasteiger partial charge in [-0.05, 0) is 83.2 Å². The monoisotopic (exact) mass is 654 g/mol. The number of anilines is 1. The fourth-order valence-corrected chi connectivity index (χ4v) is 6.82. The normalized spacial score (nSPS) is 18.1. The van der Waals surface area contributed by atoms with Crippen LogP contribution < -0.4 is 9.64 Å². The number of allylic oxidation sites excluding steroid dienone is 6. The van der Waals surface area contributed by atoms with Crippen LogP contribution >= 0.6 is 0 Å². The molecule has 7 nitrogen and oxygen atoms in total. The molecule has 2 aromatic carbocycles. The second-order valence-electron chi connectivity index (χ2n) is 15.3. The van der Waals surface area contributed by atoms with Crippen molar-refractivity contribution in [1.82, 2.24) is 0 Å². The predicted molar refractivity (Wildman–Crippen MR) is 196 cm³/mol. The van der Waals surface area contributed by atoms with Gasteiger partial charge in [0.1, 0.15) is 11.5 Å². The van der Waals surface area contributed by atoms with E-state index >= 15 is 0 Å². The summed E-state index contributed by atoms with van der Waals surface area (Å²) in [6.07, 6.45) is 6.95. The van der Waals surface area contributed by atoms with E-state index in [0.717, 1.165) is 59.6 Å². The molecule has 0 N–H and O–H groups in total. The zero-order valence-corrected chi connectivity index (χ0v) is 30.8. The standard InChI is InChI=1S/C41H54N2O5/c1-25(2)13-14-27(5)31-17-16-30(47-11)23-34(31)40(7,8)28(6)21-32-38(44)33(39(32)48-12)24-37-41(9,10)35-22-29(43(45)46)15-18-36(35)42(37)20-19-26(3)4/h15-18,21-27H,6,13-14,19-20H2,1-5,7-12H3/b32-21-,37-24-/t27-/m0/s1. The van der Waals surface area contributed by atoms with Gasteiger partial charge in [0.25, 0.3) is 5.69 Å². The lowest BCUT2D eigenvalue weighted by atomic mass is 9.72. The molecular formula is C41H54N2O5. The minimum Gasteiger partial charge on any atom is -0.497 e. The molecule has 0 unspecified atom stereocenters. The molecule has 1 aliphatic carbocycles. The number of nitrogens with zero attached hydrogens (tertiary/aromatic N) is 2. The van der Waals surface area contributed by atoms with Crippen LogP contribution in [0.15, 0.2) is 83.3 Å². The Morgan fingerprint density at radius 3 is 2.25 bits per heavy atom. The third-order valence-electron chi connectivity index (χ3n) is 10.2. The number of rotatable bonds is 14. The van der Waals surface area contributed by atoms with E-state index in [1.165, 1.54) is 5.56 Å². The zero-order chi connectivity index (χ0) is 35.7. The van der Waals surface area contributed by atoms with E-state index in [2.05, 4.69) is 85.9 Å². The number of Topliss-reactive ketones (excluding diaryl/α,β-unsaturated/α-hetero) is 1. The van der Waals surface area contributed by atoms with E-state index in [9.17, 15) is 14.9 Å². The molecule has 1 atom stereocenters. The predicted octanol–water partition coefficient (Wildman–Crippen LogP) is 10.1. The highest BCUT2D eigenvalue weighted by Crippen LogP contribution is 2.50. The number of carbonyl (C=O) groups is 1. The quantitative estimate of drug-likeness (QED) is 0.115. The maximum Gasteiger partial charge on any atom is 0.269 e. The largest absolute Gasteiger partial charge is 0.497 e. The summed E-state index contributed by atoms with van der Waals surface area (Å²) in [6, 6.07) is 11.4. The number of nitro benzene ring substituents is 1. The number of carbonyl (C=O) groups excluding carboxylic acids is 1. The first-order valence-electron chi connectivity index (χ1n) is 17.2. The average molecular weight is 655 g/mol. The zero-order valence-electron chi connectivity index (χ0n) is 30.8. The Balaban J connectivity index is 1.75. The average Bonchev–Trinajstić information content (AvgIpc) is 3.25. The van der Waals surface area contributed by atoms with Crippen LogP contribution in [0.4, 0.5) is 11.4 Å². The number of methoxy groups -OCH3 is 2. The number of fused-ring (bicyclic) bond motifs is 1. The first-order chi connectivity index (χ1) is 22.4. The number of hydrogen-bond acceptors (Lipinski definition) is 6. The number of ketones is 1. The minimum atomic E-state index is -0.565. The second-order valence-corrected chi connectivity index (χ2v) is 15.3. The van der Waals surface area contributed by atoms with E-state index in [4.69, 9.17) is 9.47 Å². The summed E-state index contributed by atoms with van der Waals surface area (Å²) in [5.41, 5.74) is 5.93. The van der Waals surface area contributed by atoms with Crippen LogP contribution in [-0.2, 0) is 20.4 Å². The Morgan fingerprint density at radius 2 is 1.67 bits per heavy atom. The highest BCUT2D eigenvalue weighted by Gasteiger charge is 2.44. The fourth-order valence-electron chi connectivity index (χ4n) is 6.82. The molecule has 0 radical (unpaired) electrons. The lowest BCUT2D eigenvalue weighted by Crippen LogP contribution is -2.30. The number of nitro groups is 1. The molecule has 1 aliphatic heterocycles. The van der Waals surface area contributed by atoms with Crippen molar-refractivity contribution in [3.63, 3.8) is 0 Å². The summed E-state index contributed by atoms with van der Waals surface area (Å²) >= 11 is 0. The SMILES string of the molecule is C=C(/C=C1/C(=O)C(/C=C2\N(CCC(C)C)c3ccc([N+](=O)[O-])cc3C2(C)C)=C1OC)C(C)(C)c1cc(OC)ccc1[C@@H](C)CCC(C)C. The summed E-state index contributed by atoms with van der Waals surface area (Å²) in [7, 11) is 3.27. The van der Waals surface area contributed by atoms with Gasteiger partial charge in [0, 0.05) is 40.9 Å². The summed E-state index contributed by atoms with van der Waals surface area (Å²) < 4.78 is 11.5. The van der Waals surface area contributed by atoms with Gasteiger partial charge in [-0.1, -0.05) is 81.4 Å². The van der Waals surface area contributed by atoms with Crippen molar-refractivity contribution in [2.75, 3.05) is 25.7 Å². The van der Waals surface area contributed by atoms with E-state index in [1.54, 1.807) is 26.4 Å². The molecule has 0 aromatic heterocycles. The summed E-state index contributed by atoms with van der Waals surface area (Å²) in [5.74, 6) is 2.65. The van der Waals surface area contributed by atoms with Gasteiger partial charge < -0.3 is 14.4 Å². The Morgan fingerprint density at radius 1 is 1.00 bits per heavy atom. The van der Waals surface area contributed by atoms with Gasteiger partial charge in [0.05, 0.1) is 30.3 Å². The fraction of sp³-hybridized carbons (Fsp3) is 0.488. The second kappa shape index (κ2) is 14.2. The highest BCUT2D eigenvalue weighted by molar-refractivity contribution is 6.21. The molecule has 0 saturated heterocycles. The van der Waals surface area contributed by atoms with Crippen molar-refractivity contribution in [2.24, 2.45) is 11.8 Å². The number of non-ortho nitro benzene ring substituents is 1. The van der Waals surface area contributed by atoms with E-state index in [0.29, 0.717) is 34.7 Å². The van der Waals surface area contributed by atoms with E-state index in [1.807, 2.05) is 24.3 Å². The Bertz CT molecular complexity index is 1690. The molecule has 2 aromatic rings. The molecular weight excluding hydrogens is 600 g/mol. The Labute approximate surface area is 287 Å². The van der Waals surface area contributed by atoms with Gasteiger partial charge in [0.2, 0.25) is 5.78 Å². The van der Waals surface area contributed by atoms with Crippen LogP contribution in [0.2, 0.25) is 0 Å². The third kappa shape index (κ3) is 7.01. The maximum absolute atomic E-state index is 13.9. The number of hydrogen-bond donors (Lipinski definition) is 0. The molecule has 0 saturated carbocycles. The smallest absolute Gasteiger partial charge is 0.269 e. The lowest BCUT2D eigenvalue weighted by Gasteiger charge is -2.33. The van der Waals surface area contributed by atoms with Gasteiger partial charge in [-0.3, -0.25) is 14.9 Å². The van der Waals surface area contributed by atoms with Crippen molar-refractivity contribution in [3.8, 4) is 5.75 Å². The van der Waals surface area contributed by atoms with Crippen molar-refractivity contribution in [2.45, 2.75) is 98.3 Å². The van der Waals surface area contributed by atoms with E-state index in [-0.39, 0.29) is 16.4 Å². The van der Waals surface area contributed by atoms with E-state index < -0.39 is 10.8 Å². The molecule has 1 heterocycles. The van der Waals surface area contributed by atoms with Gasteiger partial charge >= 0.3 is 0 Å². The molecule has 0 bridgehead atoms. The summed E-state index contributed by atoms with van der Waals surface area (Å²) in [6.45, 7) is 24.8. The number of benzene rings is 2. The number of ether oxygens (including phenoxy) is 2. The third-order valence-corrected chi connectivity index (χ3v) is 10.2. The van der Waals surface area contributed by atoms with Crippen LogP contribution in [0.3, 0.4) is 0 Å². The molecule has 7 heteroatoms. The minimum absolute atomic E-state index is 0.0586. The summed E-state index contributed by atoms with van der Waals surface area (Å²) in [5, 5.41) is 11.7. The molecule has 258 valence electrons.